The summed E-state index contributed by atoms with van der Waals surface area (Å²) < 4.78 is 36.7. The molecule has 1 aliphatic rings. The quantitative estimate of drug-likeness (QED) is 0.161. The Hall–Kier alpha value is -2.80. The number of nitrogens with zero attached hydrogens (tertiary/aromatic N) is 1. The van der Waals surface area contributed by atoms with E-state index in [4.69, 9.17) is 18.5 Å². The summed E-state index contributed by atoms with van der Waals surface area (Å²) in [7, 11) is -4.22. The summed E-state index contributed by atoms with van der Waals surface area (Å²) in [6.07, 6.45) is -0.952. The lowest BCUT2D eigenvalue weighted by molar-refractivity contribution is -0.145. The van der Waals surface area contributed by atoms with E-state index in [0.29, 0.717) is 6.42 Å². The number of aromatic amines is 1. The number of carbonyl (C=O) groups excluding carboxylic acids is 1. The Balaban J connectivity index is 1.76. The minimum Gasteiger partial charge on any atom is -0.465 e. The highest BCUT2D eigenvalue weighted by Gasteiger charge is 2.46. The Morgan fingerprint density at radius 1 is 1.27 bits per heavy atom. The fourth-order valence-electron chi connectivity index (χ4n) is 3.65. The van der Waals surface area contributed by atoms with E-state index in [1.807, 2.05) is 6.92 Å². The van der Waals surface area contributed by atoms with Crippen LogP contribution in [0.3, 0.4) is 0 Å². The van der Waals surface area contributed by atoms with Crippen LogP contribution in [0.15, 0.2) is 52.2 Å². The fraction of sp³-hybridized carbons (Fsp3) is 0.522. The summed E-state index contributed by atoms with van der Waals surface area (Å²) in [5, 5.41) is 23.1. The average molecular weight is 541 g/mol. The lowest BCUT2D eigenvalue weighted by atomic mass is 9.99. The third-order valence-electron chi connectivity index (χ3n) is 5.68. The number of benzene rings is 1. The van der Waals surface area contributed by atoms with Crippen LogP contribution in [0.1, 0.15) is 32.9 Å². The number of ether oxygens (including phenoxy) is 2. The van der Waals surface area contributed by atoms with Crippen molar-refractivity contribution in [3.63, 3.8) is 0 Å². The fourth-order valence-corrected chi connectivity index (χ4v) is 5.15. The zero-order valence-corrected chi connectivity index (χ0v) is 21.4. The number of rotatable bonds is 13. The van der Waals surface area contributed by atoms with Gasteiger partial charge in [0.2, 0.25) is 0 Å². The predicted octanol–water partition coefficient (Wildman–Crippen LogP) is 0.929. The molecule has 1 aromatic carbocycles. The summed E-state index contributed by atoms with van der Waals surface area (Å²) >= 11 is 0. The van der Waals surface area contributed by atoms with E-state index in [-0.39, 0.29) is 12.4 Å². The molecule has 2 aromatic rings. The minimum atomic E-state index is -4.22. The Morgan fingerprint density at radius 3 is 2.65 bits per heavy atom. The van der Waals surface area contributed by atoms with Gasteiger partial charge in [0.05, 0.1) is 25.9 Å². The molecule has 1 saturated heterocycles. The molecule has 0 aliphatic carbocycles. The van der Waals surface area contributed by atoms with E-state index in [9.17, 15) is 29.2 Å². The molecule has 4 N–H and O–H groups in total. The van der Waals surface area contributed by atoms with Gasteiger partial charge in [0.15, 0.2) is 6.23 Å². The standard InChI is InChI=1S/C23H32N3O10P/c1-3-4-12-33-22(30)15(2)25-37(32,36-16-8-6-5-7-9-16)34-14-18-17(13-27)20(29)21(35-18)26-11-10-19(28)24-23(26)31/h5-11,15,17-18,20-21,27,29H,3-4,12-14H2,1-2H3,(H,25,32)(H,24,28,31)/t15?,17-,18-,20-,21-,37?/m1/s1. The summed E-state index contributed by atoms with van der Waals surface area (Å²) in [6, 6.07) is 8.18. The van der Waals surface area contributed by atoms with E-state index in [0.717, 1.165) is 23.3 Å². The number of hydrogen-bond donors (Lipinski definition) is 4. The lowest BCUT2D eigenvalue weighted by Gasteiger charge is -2.25. The smallest absolute Gasteiger partial charge is 0.459 e. The van der Waals surface area contributed by atoms with Crippen LogP contribution in [0.4, 0.5) is 0 Å². The van der Waals surface area contributed by atoms with Gasteiger partial charge in [-0.25, -0.2) is 9.36 Å². The third kappa shape index (κ3) is 7.60. The summed E-state index contributed by atoms with van der Waals surface area (Å²) in [6.45, 7) is 2.63. The van der Waals surface area contributed by atoms with Gasteiger partial charge in [-0.15, -0.1) is 0 Å². The van der Waals surface area contributed by atoms with Gasteiger partial charge in [0, 0.05) is 18.2 Å². The number of unbranched alkanes of at least 4 members (excludes halogenated alkanes) is 1. The van der Waals surface area contributed by atoms with E-state index in [1.54, 1.807) is 30.3 Å². The number of aliphatic hydroxyl groups is 2. The molecule has 3 rings (SSSR count). The Kier molecular flexibility index (Phi) is 10.2. The Labute approximate surface area is 212 Å². The van der Waals surface area contributed by atoms with Crippen molar-refractivity contribution in [1.82, 2.24) is 14.6 Å². The predicted molar refractivity (Wildman–Crippen MR) is 131 cm³/mol. The van der Waals surface area contributed by atoms with Gasteiger partial charge in [-0.3, -0.25) is 23.7 Å². The molecule has 2 unspecified atom stereocenters. The number of H-pyrrole nitrogens is 1. The van der Waals surface area contributed by atoms with Gasteiger partial charge in [-0.05, 0) is 25.5 Å². The first-order chi connectivity index (χ1) is 17.7. The molecule has 0 bridgehead atoms. The SMILES string of the molecule is CCCCOC(=O)C(C)NP(=O)(OC[C@H]1O[C@@H](n2ccc(=O)[nH]c2=O)[C@H](O)[C@@H]1CO)Oc1ccccc1. The van der Waals surface area contributed by atoms with Crippen LogP contribution in [0, 0.1) is 5.92 Å². The summed E-state index contributed by atoms with van der Waals surface area (Å²) in [5.74, 6) is -1.37. The lowest BCUT2D eigenvalue weighted by Crippen LogP contribution is -2.37. The minimum absolute atomic E-state index is 0.202. The van der Waals surface area contributed by atoms with E-state index >= 15 is 0 Å². The molecule has 6 atom stereocenters. The van der Waals surface area contributed by atoms with Gasteiger partial charge in [0.1, 0.15) is 17.9 Å². The Morgan fingerprint density at radius 2 is 2.00 bits per heavy atom. The molecular weight excluding hydrogens is 509 g/mol. The maximum absolute atomic E-state index is 13.7. The second kappa shape index (κ2) is 13.1. The first-order valence-electron chi connectivity index (χ1n) is 11.9. The van der Waals surface area contributed by atoms with Gasteiger partial charge in [-0.2, -0.15) is 5.09 Å². The van der Waals surface area contributed by atoms with Gasteiger partial charge >= 0.3 is 19.4 Å². The van der Waals surface area contributed by atoms with Crippen molar-refractivity contribution in [2.75, 3.05) is 19.8 Å². The molecule has 204 valence electrons. The normalized spacial score (nSPS) is 23.8. The zero-order chi connectivity index (χ0) is 27.0. The number of carbonyl (C=O) groups is 1. The first-order valence-corrected chi connectivity index (χ1v) is 13.4. The molecule has 1 aliphatic heterocycles. The molecule has 14 heteroatoms. The second-order valence-electron chi connectivity index (χ2n) is 8.49. The van der Waals surface area contributed by atoms with Crippen LogP contribution >= 0.6 is 7.75 Å². The largest absolute Gasteiger partial charge is 0.465 e. The number of aromatic nitrogens is 2. The van der Waals surface area contributed by atoms with Crippen LogP contribution in [0.5, 0.6) is 5.75 Å². The maximum atomic E-state index is 13.7. The van der Waals surface area contributed by atoms with Crippen molar-refractivity contribution >= 4 is 13.7 Å². The molecule has 0 amide bonds. The monoisotopic (exact) mass is 541 g/mol. The van der Waals surface area contributed by atoms with E-state index in [1.165, 1.54) is 6.92 Å². The molecule has 13 nitrogen and oxygen atoms in total. The van der Waals surface area contributed by atoms with Crippen molar-refractivity contribution in [1.29, 1.82) is 0 Å². The highest BCUT2D eigenvalue weighted by Crippen LogP contribution is 2.46. The van der Waals surface area contributed by atoms with Crippen molar-refractivity contribution in [2.45, 2.75) is 51.2 Å². The molecule has 1 aromatic heterocycles. The third-order valence-corrected chi connectivity index (χ3v) is 7.33. The van der Waals surface area contributed by atoms with Crippen molar-refractivity contribution in [2.24, 2.45) is 5.92 Å². The highest BCUT2D eigenvalue weighted by molar-refractivity contribution is 7.52. The van der Waals surface area contributed by atoms with Crippen molar-refractivity contribution < 1.29 is 38.1 Å². The first kappa shape index (κ1) is 28.8. The molecule has 0 saturated carbocycles. The van der Waals surface area contributed by atoms with Crippen LogP contribution in [0.2, 0.25) is 0 Å². The van der Waals surface area contributed by atoms with Crippen LogP contribution in [-0.2, 0) is 23.4 Å². The van der Waals surface area contributed by atoms with Crippen molar-refractivity contribution in [3.8, 4) is 5.75 Å². The number of hydrogen-bond acceptors (Lipinski definition) is 10. The average Bonchev–Trinajstić information content (AvgIpc) is 3.18. The van der Waals surface area contributed by atoms with Gasteiger partial charge < -0.3 is 24.2 Å². The number of esters is 1. The Bertz CT molecular complexity index is 1190. The number of aliphatic hydroxyl groups excluding tert-OH is 2. The number of para-hydroxylation sites is 1. The molecule has 1 fully saturated rings. The molecular formula is C23H32N3O10P. The molecule has 2 heterocycles. The van der Waals surface area contributed by atoms with Crippen LogP contribution in [-0.4, -0.2) is 63.8 Å². The van der Waals surface area contributed by atoms with Crippen LogP contribution < -0.4 is 20.9 Å². The maximum Gasteiger partial charge on any atom is 0.459 e. The summed E-state index contributed by atoms with van der Waals surface area (Å²) in [4.78, 5) is 38.0. The summed E-state index contributed by atoms with van der Waals surface area (Å²) in [5.41, 5.74) is -1.44. The molecule has 0 spiro atoms. The van der Waals surface area contributed by atoms with E-state index in [2.05, 4.69) is 10.1 Å². The second-order valence-corrected chi connectivity index (χ2v) is 10.2. The van der Waals surface area contributed by atoms with Gasteiger partial charge in [0.25, 0.3) is 5.56 Å². The molecule has 37 heavy (non-hydrogen) atoms. The number of nitrogens with one attached hydrogen (secondary N) is 2. The van der Waals surface area contributed by atoms with Crippen molar-refractivity contribution in [3.05, 3.63) is 63.4 Å². The van der Waals surface area contributed by atoms with Gasteiger partial charge in [-0.1, -0.05) is 31.5 Å². The highest BCUT2D eigenvalue weighted by atomic mass is 31.2. The zero-order valence-electron chi connectivity index (χ0n) is 20.5. The van der Waals surface area contributed by atoms with Crippen LogP contribution in [0.25, 0.3) is 0 Å². The van der Waals surface area contributed by atoms with E-state index < -0.39 is 68.6 Å². The molecule has 0 radical (unpaired) electrons. The topological polar surface area (TPSA) is 178 Å².